The first kappa shape index (κ1) is 13.8. The maximum atomic E-state index is 12.1. The van der Waals surface area contributed by atoms with Gasteiger partial charge in [0.25, 0.3) is 0 Å². The standard InChI is InChI=1S/C18H13BrO2/c19-16-7-3-6-15(10-16)18(20)12-21-17-9-8-13-4-1-2-5-14(13)11-17/h1-11H,12H2. The van der Waals surface area contributed by atoms with Crippen molar-refractivity contribution < 1.29 is 9.53 Å². The number of benzene rings is 3. The molecule has 0 spiro atoms. The van der Waals surface area contributed by atoms with E-state index in [4.69, 9.17) is 4.74 Å². The van der Waals surface area contributed by atoms with E-state index in [1.165, 1.54) is 0 Å². The third kappa shape index (κ3) is 3.31. The summed E-state index contributed by atoms with van der Waals surface area (Å²) < 4.78 is 6.49. The highest BCUT2D eigenvalue weighted by molar-refractivity contribution is 9.10. The van der Waals surface area contributed by atoms with Crippen molar-refractivity contribution in [3.05, 3.63) is 76.8 Å². The third-order valence-electron chi connectivity index (χ3n) is 3.24. The van der Waals surface area contributed by atoms with Gasteiger partial charge in [0.15, 0.2) is 12.4 Å². The molecule has 0 saturated heterocycles. The zero-order valence-electron chi connectivity index (χ0n) is 11.3. The Hall–Kier alpha value is -2.13. The topological polar surface area (TPSA) is 26.3 Å². The average molecular weight is 341 g/mol. The quantitative estimate of drug-likeness (QED) is 0.633. The lowest BCUT2D eigenvalue weighted by Crippen LogP contribution is -2.11. The van der Waals surface area contributed by atoms with Gasteiger partial charge in [-0.05, 0) is 35.0 Å². The number of fused-ring (bicyclic) bond motifs is 1. The Labute approximate surface area is 131 Å². The van der Waals surface area contributed by atoms with Crippen LogP contribution in [0.3, 0.4) is 0 Å². The number of hydrogen-bond acceptors (Lipinski definition) is 2. The Morgan fingerprint density at radius 3 is 2.52 bits per heavy atom. The summed E-state index contributed by atoms with van der Waals surface area (Å²) in [5.41, 5.74) is 0.644. The molecule has 0 aromatic heterocycles. The zero-order valence-corrected chi connectivity index (χ0v) is 12.8. The van der Waals surface area contributed by atoms with Gasteiger partial charge in [-0.2, -0.15) is 0 Å². The van der Waals surface area contributed by atoms with E-state index in [0.29, 0.717) is 11.3 Å². The fourth-order valence-corrected chi connectivity index (χ4v) is 2.55. The van der Waals surface area contributed by atoms with Gasteiger partial charge in [0, 0.05) is 10.0 Å². The van der Waals surface area contributed by atoms with E-state index >= 15 is 0 Å². The molecule has 0 aliphatic rings. The molecule has 3 heteroatoms. The minimum absolute atomic E-state index is 0.0365. The molecule has 21 heavy (non-hydrogen) atoms. The summed E-state index contributed by atoms with van der Waals surface area (Å²) in [6.45, 7) is 0.0365. The van der Waals surface area contributed by atoms with Gasteiger partial charge in [0.2, 0.25) is 0 Å². The summed E-state index contributed by atoms with van der Waals surface area (Å²) in [6, 6.07) is 21.2. The minimum atomic E-state index is -0.0375. The van der Waals surface area contributed by atoms with Gasteiger partial charge in [-0.1, -0.05) is 58.4 Å². The molecule has 0 saturated carbocycles. The molecule has 3 aromatic rings. The highest BCUT2D eigenvalue weighted by Gasteiger charge is 2.07. The monoisotopic (exact) mass is 340 g/mol. The first-order valence-electron chi connectivity index (χ1n) is 6.63. The molecule has 0 fully saturated rings. The van der Waals surface area contributed by atoms with Crippen LogP contribution in [-0.2, 0) is 0 Å². The second kappa shape index (κ2) is 6.10. The molecular weight excluding hydrogens is 328 g/mol. The van der Waals surface area contributed by atoms with Crippen molar-refractivity contribution in [2.75, 3.05) is 6.61 Å². The van der Waals surface area contributed by atoms with Crippen molar-refractivity contribution >= 4 is 32.5 Å². The SMILES string of the molecule is O=C(COc1ccc2ccccc2c1)c1cccc(Br)c1. The molecule has 0 bridgehead atoms. The molecule has 0 atom stereocenters. The number of hydrogen-bond donors (Lipinski definition) is 0. The van der Waals surface area contributed by atoms with Crippen LogP contribution in [0.2, 0.25) is 0 Å². The molecule has 0 amide bonds. The van der Waals surface area contributed by atoms with Gasteiger partial charge in [-0.15, -0.1) is 0 Å². The van der Waals surface area contributed by atoms with E-state index in [1.54, 1.807) is 12.1 Å². The maximum absolute atomic E-state index is 12.1. The molecule has 0 heterocycles. The number of carbonyl (C=O) groups is 1. The predicted octanol–water partition coefficient (Wildman–Crippen LogP) is 4.86. The molecular formula is C18H13BrO2. The van der Waals surface area contributed by atoms with E-state index in [9.17, 15) is 4.79 Å². The largest absolute Gasteiger partial charge is 0.485 e. The Morgan fingerprint density at radius 2 is 1.71 bits per heavy atom. The number of rotatable bonds is 4. The van der Waals surface area contributed by atoms with Gasteiger partial charge < -0.3 is 4.74 Å². The maximum Gasteiger partial charge on any atom is 0.200 e. The average Bonchev–Trinajstić information content (AvgIpc) is 2.52. The molecule has 0 unspecified atom stereocenters. The summed E-state index contributed by atoms with van der Waals surface area (Å²) in [4.78, 5) is 12.1. The van der Waals surface area contributed by atoms with Gasteiger partial charge >= 0.3 is 0 Å². The molecule has 3 aromatic carbocycles. The molecule has 0 aliphatic heterocycles. The molecule has 2 nitrogen and oxygen atoms in total. The summed E-state index contributed by atoms with van der Waals surface area (Å²) >= 11 is 3.36. The molecule has 3 rings (SSSR count). The van der Waals surface area contributed by atoms with Crippen molar-refractivity contribution in [1.82, 2.24) is 0 Å². The van der Waals surface area contributed by atoms with Crippen molar-refractivity contribution in [3.63, 3.8) is 0 Å². The number of Topliss-reactive ketones (excluding diaryl/α,β-unsaturated/α-hetero) is 1. The van der Waals surface area contributed by atoms with Crippen LogP contribution in [0.15, 0.2) is 71.2 Å². The van der Waals surface area contributed by atoms with E-state index in [-0.39, 0.29) is 12.4 Å². The number of halogens is 1. The number of carbonyl (C=O) groups excluding carboxylic acids is 1. The summed E-state index contributed by atoms with van der Waals surface area (Å²) in [5, 5.41) is 2.26. The molecule has 0 N–H and O–H groups in total. The Kier molecular flexibility index (Phi) is 4.02. The fraction of sp³-hybridized carbons (Fsp3) is 0.0556. The van der Waals surface area contributed by atoms with Crippen molar-refractivity contribution in [2.45, 2.75) is 0 Å². The van der Waals surface area contributed by atoms with Crippen LogP contribution in [0.5, 0.6) is 5.75 Å². The fourth-order valence-electron chi connectivity index (χ4n) is 2.15. The van der Waals surface area contributed by atoms with Crippen LogP contribution in [0.1, 0.15) is 10.4 Å². The van der Waals surface area contributed by atoms with Crippen molar-refractivity contribution in [2.24, 2.45) is 0 Å². The van der Waals surface area contributed by atoms with Crippen LogP contribution >= 0.6 is 15.9 Å². The zero-order chi connectivity index (χ0) is 14.7. The predicted molar refractivity (Wildman–Crippen MR) is 87.9 cm³/mol. The Bertz CT molecular complexity index is 796. The van der Waals surface area contributed by atoms with E-state index in [0.717, 1.165) is 15.2 Å². The molecule has 0 radical (unpaired) electrons. The smallest absolute Gasteiger partial charge is 0.200 e. The van der Waals surface area contributed by atoms with E-state index in [2.05, 4.69) is 15.9 Å². The second-order valence-corrected chi connectivity index (χ2v) is 5.65. The van der Waals surface area contributed by atoms with Crippen LogP contribution in [0.25, 0.3) is 10.8 Å². The first-order chi connectivity index (χ1) is 10.2. The van der Waals surface area contributed by atoms with Gasteiger partial charge in [0.1, 0.15) is 5.75 Å². The molecule has 0 aliphatic carbocycles. The van der Waals surface area contributed by atoms with Gasteiger partial charge in [-0.25, -0.2) is 0 Å². The Morgan fingerprint density at radius 1 is 0.905 bits per heavy atom. The number of ether oxygens (including phenoxy) is 1. The Balaban J connectivity index is 1.72. The lowest BCUT2D eigenvalue weighted by molar-refractivity contribution is 0.0921. The highest BCUT2D eigenvalue weighted by atomic mass is 79.9. The van der Waals surface area contributed by atoms with Crippen LogP contribution in [0, 0.1) is 0 Å². The van der Waals surface area contributed by atoms with Crippen LogP contribution < -0.4 is 4.74 Å². The molecule has 104 valence electrons. The lowest BCUT2D eigenvalue weighted by Gasteiger charge is -2.07. The van der Waals surface area contributed by atoms with Crippen LogP contribution in [-0.4, -0.2) is 12.4 Å². The second-order valence-electron chi connectivity index (χ2n) is 4.73. The summed E-state index contributed by atoms with van der Waals surface area (Å²) in [7, 11) is 0. The van der Waals surface area contributed by atoms with Crippen LogP contribution in [0.4, 0.5) is 0 Å². The first-order valence-corrected chi connectivity index (χ1v) is 7.42. The van der Waals surface area contributed by atoms with E-state index < -0.39 is 0 Å². The van der Waals surface area contributed by atoms with Gasteiger partial charge in [-0.3, -0.25) is 4.79 Å². The summed E-state index contributed by atoms with van der Waals surface area (Å²) in [6.07, 6.45) is 0. The minimum Gasteiger partial charge on any atom is -0.485 e. The number of ketones is 1. The van der Waals surface area contributed by atoms with Crippen molar-refractivity contribution in [1.29, 1.82) is 0 Å². The summed E-state index contributed by atoms with van der Waals surface area (Å²) in [5.74, 6) is 0.668. The highest BCUT2D eigenvalue weighted by Crippen LogP contribution is 2.21. The normalized spacial score (nSPS) is 10.5. The van der Waals surface area contributed by atoms with Crippen molar-refractivity contribution in [3.8, 4) is 5.75 Å². The van der Waals surface area contributed by atoms with Gasteiger partial charge in [0.05, 0.1) is 0 Å². The van der Waals surface area contributed by atoms with E-state index in [1.807, 2.05) is 54.6 Å². The lowest BCUT2D eigenvalue weighted by atomic mass is 10.1. The third-order valence-corrected chi connectivity index (χ3v) is 3.73.